The van der Waals surface area contributed by atoms with Gasteiger partial charge in [0.25, 0.3) is 5.91 Å². The molecule has 6 heteroatoms. The van der Waals surface area contributed by atoms with Gasteiger partial charge in [0.05, 0.1) is 0 Å². The van der Waals surface area contributed by atoms with Crippen LogP contribution >= 0.6 is 0 Å². The third kappa shape index (κ3) is 3.07. The second-order valence-corrected chi connectivity index (χ2v) is 5.21. The molecule has 1 amide bonds. The van der Waals surface area contributed by atoms with Crippen molar-refractivity contribution in [3.05, 3.63) is 22.5 Å². The molecule has 0 aliphatic carbocycles. The summed E-state index contributed by atoms with van der Waals surface area (Å²) in [5, 5.41) is 11.5. The fourth-order valence-corrected chi connectivity index (χ4v) is 2.23. The lowest BCUT2D eigenvalue weighted by atomic mass is 10.0. The van der Waals surface area contributed by atoms with Crippen LogP contribution in [0.1, 0.15) is 52.9 Å². The first-order valence-corrected chi connectivity index (χ1v) is 6.40. The summed E-state index contributed by atoms with van der Waals surface area (Å²) in [6, 6.07) is -0.966. The third-order valence-corrected chi connectivity index (χ3v) is 3.24. The monoisotopic (exact) mass is 280 g/mol. The number of carbonyl (C=O) groups is 3. The molecule has 1 atom stereocenters. The highest BCUT2D eigenvalue weighted by atomic mass is 16.4. The van der Waals surface area contributed by atoms with Crippen LogP contribution < -0.4 is 5.32 Å². The average Bonchev–Trinajstić information content (AvgIpc) is 2.60. The van der Waals surface area contributed by atoms with Crippen molar-refractivity contribution < 1.29 is 19.5 Å². The summed E-state index contributed by atoms with van der Waals surface area (Å²) in [7, 11) is 0. The Kier molecular flexibility index (Phi) is 4.70. The molecule has 0 fully saturated rings. The van der Waals surface area contributed by atoms with Crippen LogP contribution in [0.3, 0.4) is 0 Å². The Bertz CT molecular complexity index is 558. The van der Waals surface area contributed by atoms with Crippen LogP contribution in [-0.4, -0.2) is 33.8 Å². The molecule has 20 heavy (non-hydrogen) atoms. The molecule has 0 radical (unpaired) electrons. The van der Waals surface area contributed by atoms with Gasteiger partial charge < -0.3 is 15.4 Å². The van der Waals surface area contributed by atoms with Crippen LogP contribution in [0, 0.1) is 19.8 Å². The average molecular weight is 280 g/mol. The van der Waals surface area contributed by atoms with E-state index in [2.05, 4.69) is 10.3 Å². The number of amides is 1. The Morgan fingerprint density at radius 1 is 1.20 bits per heavy atom. The fourth-order valence-electron chi connectivity index (χ4n) is 2.23. The number of carbonyl (C=O) groups excluding carboxylic acids is 2. The van der Waals surface area contributed by atoms with Gasteiger partial charge in [0, 0.05) is 11.3 Å². The van der Waals surface area contributed by atoms with Crippen molar-refractivity contribution in [3.8, 4) is 0 Å². The summed E-state index contributed by atoms with van der Waals surface area (Å²) in [5.41, 5.74) is 1.86. The van der Waals surface area contributed by atoms with Crippen LogP contribution in [0.4, 0.5) is 0 Å². The molecule has 0 spiro atoms. The van der Waals surface area contributed by atoms with Gasteiger partial charge in [0.1, 0.15) is 11.7 Å². The van der Waals surface area contributed by atoms with E-state index in [1.165, 1.54) is 6.92 Å². The van der Waals surface area contributed by atoms with Gasteiger partial charge in [-0.1, -0.05) is 13.8 Å². The zero-order chi connectivity index (χ0) is 15.6. The molecule has 0 aliphatic heterocycles. The van der Waals surface area contributed by atoms with Crippen molar-refractivity contribution in [2.45, 2.75) is 40.7 Å². The van der Waals surface area contributed by atoms with Crippen LogP contribution in [-0.2, 0) is 4.79 Å². The van der Waals surface area contributed by atoms with E-state index in [1.807, 2.05) is 0 Å². The highest BCUT2D eigenvalue weighted by Crippen LogP contribution is 2.18. The minimum atomic E-state index is -1.08. The number of aromatic nitrogens is 1. The molecule has 6 nitrogen and oxygen atoms in total. The van der Waals surface area contributed by atoms with Crippen molar-refractivity contribution >= 4 is 17.7 Å². The van der Waals surface area contributed by atoms with Crippen molar-refractivity contribution in [1.82, 2.24) is 10.3 Å². The molecular formula is C14H20N2O4. The van der Waals surface area contributed by atoms with Crippen molar-refractivity contribution in [2.75, 3.05) is 0 Å². The van der Waals surface area contributed by atoms with Gasteiger partial charge in [-0.2, -0.15) is 0 Å². The SMILES string of the molecule is CC(=O)c1c(C)[nH]c(C(=O)N[C@H](C(=O)O)C(C)C)c1C. The van der Waals surface area contributed by atoms with Crippen molar-refractivity contribution in [1.29, 1.82) is 0 Å². The predicted molar refractivity (Wildman–Crippen MR) is 74.0 cm³/mol. The molecule has 0 saturated heterocycles. The van der Waals surface area contributed by atoms with E-state index in [4.69, 9.17) is 5.11 Å². The Labute approximate surface area is 117 Å². The molecule has 0 unspecified atom stereocenters. The van der Waals surface area contributed by atoms with Gasteiger partial charge in [-0.05, 0) is 32.3 Å². The van der Waals surface area contributed by atoms with Gasteiger partial charge in [-0.25, -0.2) is 4.79 Å². The summed E-state index contributed by atoms with van der Waals surface area (Å²) < 4.78 is 0. The number of aromatic amines is 1. The molecule has 0 aliphatic rings. The number of hydrogen-bond donors (Lipinski definition) is 3. The largest absolute Gasteiger partial charge is 0.480 e. The number of carboxylic acid groups (broad SMARTS) is 1. The van der Waals surface area contributed by atoms with E-state index in [-0.39, 0.29) is 17.4 Å². The van der Waals surface area contributed by atoms with Crippen molar-refractivity contribution in [3.63, 3.8) is 0 Å². The Hall–Kier alpha value is -2.11. The number of carboxylic acids is 1. The molecule has 0 aromatic carbocycles. The standard InChI is InChI=1S/C14H20N2O4/c1-6(2)11(14(19)20)16-13(18)12-7(3)10(9(5)17)8(4)15-12/h6,11,15H,1-5H3,(H,16,18)(H,19,20)/t11-/m0/s1. The number of nitrogens with one attached hydrogen (secondary N) is 2. The van der Waals surface area contributed by atoms with E-state index in [1.54, 1.807) is 27.7 Å². The van der Waals surface area contributed by atoms with Crippen LogP contribution in [0.5, 0.6) is 0 Å². The normalized spacial score (nSPS) is 12.3. The highest BCUT2D eigenvalue weighted by Gasteiger charge is 2.26. The van der Waals surface area contributed by atoms with Crippen LogP contribution in [0.15, 0.2) is 0 Å². The molecule has 3 N–H and O–H groups in total. The lowest BCUT2D eigenvalue weighted by molar-refractivity contribution is -0.140. The Morgan fingerprint density at radius 3 is 2.10 bits per heavy atom. The Balaban J connectivity index is 3.08. The third-order valence-electron chi connectivity index (χ3n) is 3.24. The number of hydrogen-bond acceptors (Lipinski definition) is 3. The molecular weight excluding hydrogens is 260 g/mol. The summed E-state index contributed by atoms with van der Waals surface area (Å²) >= 11 is 0. The molecule has 110 valence electrons. The molecule has 1 aromatic heterocycles. The van der Waals surface area contributed by atoms with E-state index in [0.29, 0.717) is 16.8 Å². The lowest BCUT2D eigenvalue weighted by Crippen LogP contribution is -2.44. The number of H-pyrrole nitrogens is 1. The lowest BCUT2D eigenvalue weighted by Gasteiger charge is -2.17. The van der Waals surface area contributed by atoms with E-state index in [0.717, 1.165) is 0 Å². The van der Waals surface area contributed by atoms with Gasteiger partial charge in [0.2, 0.25) is 0 Å². The maximum absolute atomic E-state index is 12.2. The van der Waals surface area contributed by atoms with Gasteiger partial charge in [0.15, 0.2) is 5.78 Å². The first-order chi connectivity index (χ1) is 9.16. The molecule has 0 saturated carbocycles. The van der Waals surface area contributed by atoms with Gasteiger partial charge in [-0.3, -0.25) is 9.59 Å². The summed E-state index contributed by atoms with van der Waals surface area (Å²) in [6.45, 7) is 8.23. The zero-order valence-corrected chi connectivity index (χ0v) is 12.3. The second-order valence-electron chi connectivity index (χ2n) is 5.21. The van der Waals surface area contributed by atoms with Crippen LogP contribution in [0.2, 0.25) is 0 Å². The van der Waals surface area contributed by atoms with E-state index in [9.17, 15) is 14.4 Å². The van der Waals surface area contributed by atoms with E-state index < -0.39 is 17.9 Å². The minimum absolute atomic E-state index is 0.131. The maximum atomic E-state index is 12.2. The van der Waals surface area contributed by atoms with E-state index >= 15 is 0 Å². The molecule has 1 aromatic rings. The minimum Gasteiger partial charge on any atom is -0.480 e. The smallest absolute Gasteiger partial charge is 0.326 e. The number of ketones is 1. The maximum Gasteiger partial charge on any atom is 0.326 e. The first-order valence-electron chi connectivity index (χ1n) is 6.40. The zero-order valence-electron chi connectivity index (χ0n) is 12.3. The second kappa shape index (κ2) is 5.90. The molecule has 1 rings (SSSR count). The summed E-state index contributed by atoms with van der Waals surface area (Å²) in [4.78, 5) is 37.6. The molecule has 0 bridgehead atoms. The number of aliphatic carboxylic acids is 1. The summed E-state index contributed by atoms with van der Waals surface area (Å²) in [6.07, 6.45) is 0. The quantitative estimate of drug-likeness (QED) is 0.714. The predicted octanol–water partition coefficient (Wildman–Crippen LogP) is 1.67. The topological polar surface area (TPSA) is 99.3 Å². The number of aryl methyl sites for hydroxylation is 1. The fraction of sp³-hybridized carbons (Fsp3) is 0.500. The summed E-state index contributed by atoms with van der Waals surface area (Å²) in [5.74, 6) is -1.96. The number of rotatable bonds is 5. The highest BCUT2D eigenvalue weighted by molar-refractivity contribution is 6.03. The first kappa shape index (κ1) is 15.9. The van der Waals surface area contributed by atoms with Crippen molar-refractivity contribution in [2.24, 2.45) is 5.92 Å². The molecule has 1 heterocycles. The van der Waals surface area contributed by atoms with Crippen LogP contribution in [0.25, 0.3) is 0 Å². The number of Topliss-reactive ketones (excluding diaryl/α,β-unsaturated/α-hetero) is 1. The van der Waals surface area contributed by atoms with Gasteiger partial charge in [-0.15, -0.1) is 0 Å². The van der Waals surface area contributed by atoms with Gasteiger partial charge >= 0.3 is 5.97 Å². The Morgan fingerprint density at radius 2 is 1.75 bits per heavy atom.